The van der Waals surface area contributed by atoms with E-state index in [0.717, 1.165) is 12.3 Å². The summed E-state index contributed by atoms with van der Waals surface area (Å²) in [6.07, 6.45) is 3.56. The number of carboxylic acids is 1. The number of aliphatic carboxylic acids is 1. The molecule has 0 heterocycles. The second-order valence-corrected chi connectivity index (χ2v) is 4.79. The van der Waals surface area contributed by atoms with E-state index >= 15 is 0 Å². The van der Waals surface area contributed by atoms with Crippen LogP contribution in [0, 0.1) is 5.92 Å². The highest BCUT2D eigenvalue weighted by atomic mass is 16.4. The zero-order chi connectivity index (χ0) is 10.9. The summed E-state index contributed by atoms with van der Waals surface area (Å²) in [5.41, 5.74) is -0.747. The van der Waals surface area contributed by atoms with Gasteiger partial charge in [0.15, 0.2) is 0 Å². The van der Waals surface area contributed by atoms with E-state index in [4.69, 9.17) is 5.11 Å². The molecular weight excluding hydrogens is 178 g/mol. The Hall–Kier alpha value is -0.570. The molecule has 1 rings (SSSR count). The number of carbonyl (C=O) groups is 1. The average Bonchev–Trinajstić information content (AvgIpc) is 2.89. The minimum absolute atomic E-state index is 0.432. The molecule has 14 heavy (non-hydrogen) atoms. The highest BCUT2D eigenvalue weighted by Gasteiger charge is 2.41. The molecule has 0 aromatic carbocycles. The fourth-order valence-corrected chi connectivity index (χ4v) is 1.97. The first-order valence-corrected chi connectivity index (χ1v) is 5.37. The van der Waals surface area contributed by atoms with Crippen molar-refractivity contribution in [2.45, 2.75) is 51.6 Å². The molecule has 82 valence electrons. The van der Waals surface area contributed by atoms with Gasteiger partial charge in [-0.25, -0.2) is 0 Å². The maximum Gasteiger partial charge on any atom is 0.323 e. The normalized spacial score (nSPS) is 19.8. The molecule has 1 N–H and O–H groups in total. The Kier molecular flexibility index (Phi) is 3.20. The molecule has 1 aliphatic carbocycles. The second-order valence-electron chi connectivity index (χ2n) is 4.79. The maximum atomic E-state index is 11.1. The van der Waals surface area contributed by atoms with Crippen molar-refractivity contribution in [3.8, 4) is 0 Å². The molecule has 0 spiro atoms. The van der Waals surface area contributed by atoms with Crippen molar-refractivity contribution in [1.29, 1.82) is 0 Å². The molecule has 0 aliphatic heterocycles. The number of carboxylic acid groups (broad SMARTS) is 1. The van der Waals surface area contributed by atoms with Gasteiger partial charge >= 0.3 is 5.97 Å². The summed E-state index contributed by atoms with van der Waals surface area (Å²) < 4.78 is 0. The maximum absolute atomic E-state index is 11.1. The summed E-state index contributed by atoms with van der Waals surface area (Å²) in [7, 11) is 1.93. The number of hydrogen-bond donors (Lipinski definition) is 1. The van der Waals surface area contributed by atoms with Crippen molar-refractivity contribution in [2.24, 2.45) is 5.92 Å². The van der Waals surface area contributed by atoms with Gasteiger partial charge in [-0.05, 0) is 46.1 Å². The zero-order valence-electron chi connectivity index (χ0n) is 9.58. The first-order valence-electron chi connectivity index (χ1n) is 5.37. The molecule has 3 nitrogen and oxygen atoms in total. The minimum atomic E-state index is -0.747. The lowest BCUT2D eigenvalue weighted by Crippen LogP contribution is -2.53. The molecule has 0 aromatic rings. The molecule has 1 saturated carbocycles. The van der Waals surface area contributed by atoms with Crippen LogP contribution in [0.4, 0.5) is 0 Å². The molecule has 0 saturated heterocycles. The predicted octanol–water partition coefficient (Wildman–Crippen LogP) is 1.97. The fraction of sp³-hybridized carbons (Fsp3) is 0.909. The highest BCUT2D eigenvalue weighted by Crippen LogP contribution is 2.38. The Labute approximate surface area is 86.1 Å². The summed E-state index contributed by atoms with van der Waals surface area (Å²) in [4.78, 5) is 13.1. The van der Waals surface area contributed by atoms with Crippen LogP contribution in [0.25, 0.3) is 0 Å². The summed E-state index contributed by atoms with van der Waals surface area (Å²) in [5, 5.41) is 9.12. The molecule has 0 amide bonds. The van der Waals surface area contributed by atoms with Gasteiger partial charge in [0, 0.05) is 6.04 Å². The van der Waals surface area contributed by atoms with Crippen LogP contribution < -0.4 is 0 Å². The smallest absolute Gasteiger partial charge is 0.323 e. The Balaban J connectivity index is 2.69. The molecule has 1 fully saturated rings. The van der Waals surface area contributed by atoms with Gasteiger partial charge in [-0.3, -0.25) is 9.69 Å². The molecule has 1 aliphatic rings. The Morgan fingerprint density at radius 3 is 2.36 bits per heavy atom. The van der Waals surface area contributed by atoms with Crippen LogP contribution in [0.5, 0.6) is 0 Å². The largest absolute Gasteiger partial charge is 0.480 e. The van der Waals surface area contributed by atoms with E-state index in [1.54, 1.807) is 13.8 Å². The summed E-state index contributed by atoms with van der Waals surface area (Å²) >= 11 is 0. The Morgan fingerprint density at radius 1 is 1.57 bits per heavy atom. The lowest BCUT2D eigenvalue weighted by Gasteiger charge is -2.38. The molecule has 0 aromatic heterocycles. The van der Waals surface area contributed by atoms with Crippen LogP contribution in [0.1, 0.15) is 40.0 Å². The molecule has 0 radical (unpaired) electrons. The quantitative estimate of drug-likeness (QED) is 0.736. The molecule has 3 heteroatoms. The van der Waals surface area contributed by atoms with Crippen molar-refractivity contribution in [1.82, 2.24) is 4.90 Å². The minimum Gasteiger partial charge on any atom is -0.480 e. The summed E-state index contributed by atoms with van der Waals surface area (Å²) in [5.74, 6) is -0.0114. The second kappa shape index (κ2) is 3.89. The van der Waals surface area contributed by atoms with Gasteiger partial charge in [-0.2, -0.15) is 0 Å². The third kappa shape index (κ3) is 2.08. The van der Waals surface area contributed by atoms with Crippen molar-refractivity contribution in [2.75, 3.05) is 7.05 Å². The van der Waals surface area contributed by atoms with E-state index in [1.807, 2.05) is 11.9 Å². The lowest BCUT2D eigenvalue weighted by atomic mass is 9.98. The summed E-state index contributed by atoms with van der Waals surface area (Å²) in [6, 6.07) is 0.432. The topological polar surface area (TPSA) is 40.5 Å². The van der Waals surface area contributed by atoms with Crippen molar-refractivity contribution in [3.05, 3.63) is 0 Å². The highest BCUT2D eigenvalue weighted by molar-refractivity contribution is 5.77. The van der Waals surface area contributed by atoms with Crippen LogP contribution in [0.3, 0.4) is 0 Å². The SMILES string of the molecule is CCC(C1CC1)N(C)C(C)(C)C(=O)O. The number of hydrogen-bond acceptors (Lipinski definition) is 2. The fourth-order valence-electron chi connectivity index (χ4n) is 1.97. The molecule has 1 unspecified atom stereocenters. The first-order chi connectivity index (χ1) is 6.41. The van der Waals surface area contributed by atoms with Crippen LogP contribution in [-0.4, -0.2) is 34.6 Å². The molecule has 1 atom stereocenters. The Bertz CT molecular complexity index is 221. The van der Waals surface area contributed by atoms with E-state index in [-0.39, 0.29) is 0 Å². The van der Waals surface area contributed by atoms with Gasteiger partial charge in [0.25, 0.3) is 0 Å². The van der Waals surface area contributed by atoms with Gasteiger partial charge in [0.05, 0.1) is 0 Å². The lowest BCUT2D eigenvalue weighted by molar-refractivity contribution is -0.150. The van der Waals surface area contributed by atoms with Crippen molar-refractivity contribution in [3.63, 3.8) is 0 Å². The molecular formula is C11H21NO2. The van der Waals surface area contributed by atoms with Crippen LogP contribution >= 0.6 is 0 Å². The monoisotopic (exact) mass is 199 g/mol. The van der Waals surface area contributed by atoms with Gasteiger partial charge in [-0.1, -0.05) is 6.92 Å². The van der Waals surface area contributed by atoms with Gasteiger partial charge in [-0.15, -0.1) is 0 Å². The van der Waals surface area contributed by atoms with Crippen molar-refractivity contribution >= 4 is 5.97 Å². The van der Waals surface area contributed by atoms with Gasteiger partial charge < -0.3 is 5.11 Å². The zero-order valence-corrected chi connectivity index (χ0v) is 9.58. The Morgan fingerprint density at radius 2 is 2.07 bits per heavy atom. The van der Waals surface area contributed by atoms with Crippen molar-refractivity contribution < 1.29 is 9.90 Å². The van der Waals surface area contributed by atoms with E-state index in [0.29, 0.717) is 6.04 Å². The number of rotatable bonds is 5. The molecule has 0 bridgehead atoms. The van der Waals surface area contributed by atoms with Gasteiger partial charge in [0.1, 0.15) is 5.54 Å². The predicted molar refractivity (Wildman–Crippen MR) is 56.3 cm³/mol. The first kappa shape index (κ1) is 11.5. The third-order valence-electron chi connectivity index (χ3n) is 3.49. The van der Waals surface area contributed by atoms with E-state index in [1.165, 1.54) is 12.8 Å². The number of nitrogens with zero attached hydrogens (tertiary/aromatic N) is 1. The van der Waals surface area contributed by atoms with Gasteiger partial charge in [0.2, 0.25) is 0 Å². The summed E-state index contributed by atoms with van der Waals surface area (Å²) in [6.45, 7) is 5.69. The average molecular weight is 199 g/mol. The van der Waals surface area contributed by atoms with E-state index in [2.05, 4.69) is 6.92 Å². The van der Waals surface area contributed by atoms with Crippen LogP contribution in [-0.2, 0) is 4.79 Å². The van der Waals surface area contributed by atoms with E-state index in [9.17, 15) is 4.79 Å². The third-order valence-corrected chi connectivity index (χ3v) is 3.49. The number of likely N-dealkylation sites (N-methyl/N-ethyl adjacent to an activating group) is 1. The van der Waals surface area contributed by atoms with Crippen LogP contribution in [0.2, 0.25) is 0 Å². The van der Waals surface area contributed by atoms with E-state index < -0.39 is 11.5 Å². The van der Waals surface area contributed by atoms with Crippen LogP contribution in [0.15, 0.2) is 0 Å². The standard InChI is InChI=1S/C11H21NO2/c1-5-9(8-6-7-8)12(4)11(2,3)10(13)14/h8-9H,5-7H2,1-4H3,(H,13,14).